The molecule has 188 valence electrons. The molecule has 4 rings (SSSR count). The van der Waals surface area contributed by atoms with Crippen LogP contribution >= 0.6 is 0 Å². The summed E-state index contributed by atoms with van der Waals surface area (Å²) in [7, 11) is 1.21. The van der Waals surface area contributed by atoms with Gasteiger partial charge in [0.05, 0.1) is 7.11 Å². The first kappa shape index (κ1) is 24.9. The number of ether oxygens (including phenoxy) is 3. The molecule has 0 aliphatic heterocycles. The van der Waals surface area contributed by atoms with Crippen molar-refractivity contribution < 1.29 is 33.4 Å². The molecule has 0 aromatic heterocycles. The lowest BCUT2D eigenvalue weighted by Crippen LogP contribution is -2.51. The van der Waals surface area contributed by atoms with Crippen molar-refractivity contribution in [3.05, 3.63) is 11.6 Å². The number of methoxy groups -OCH3 is 1. The Balaban J connectivity index is 1.43. The van der Waals surface area contributed by atoms with Gasteiger partial charge in [0.25, 0.3) is 0 Å². The zero-order valence-corrected chi connectivity index (χ0v) is 20.9. The van der Waals surface area contributed by atoms with Crippen LogP contribution in [0.2, 0.25) is 0 Å². The van der Waals surface area contributed by atoms with Crippen LogP contribution in [0.3, 0.4) is 0 Å². The minimum Gasteiger partial charge on any atom is -0.469 e. The Hall–Kier alpha value is -2.18. The molecule has 4 aliphatic carbocycles. The molecule has 3 saturated carbocycles. The second kappa shape index (κ2) is 9.46. The molecule has 0 aromatic rings. The highest BCUT2D eigenvalue weighted by molar-refractivity contribution is 5.92. The first-order valence-corrected chi connectivity index (χ1v) is 12.7. The maximum absolute atomic E-state index is 13.1. The number of hydrogen-bond acceptors (Lipinski definition) is 7. The molecule has 0 bridgehead atoms. The van der Waals surface area contributed by atoms with Gasteiger partial charge in [0.2, 0.25) is 0 Å². The van der Waals surface area contributed by atoms with E-state index in [1.165, 1.54) is 19.6 Å². The van der Waals surface area contributed by atoms with Gasteiger partial charge >= 0.3 is 17.9 Å². The summed E-state index contributed by atoms with van der Waals surface area (Å²) in [5.74, 6) is -0.0903. The third-order valence-corrected chi connectivity index (χ3v) is 9.67. The van der Waals surface area contributed by atoms with Gasteiger partial charge in [0, 0.05) is 19.3 Å². The Kier molecular flexibility index (Phi) is 6.94. The van der Waals surface area contributed by atoms with E-state index in [4.69, 9.17) is 9.47 Å². The molecule has 7 nitrogen and oxygen atoms in total. The monoisotopic (exact) mass is 474 g/mol. The second-order valence-electron chi connectivity index (χ2n) is 11.3. The minimum absolute atomic E-state index is 0.00222. The highest BCUT2D eigenvalue weighted by Crippen LogP contribution is 2.66. The van der Waals surface area contributed by atoms with Crippen molar-refractivity contribution in [3.63, 3.8) is 0 Å². The number of ketones is 1. The van der Waals surface area contributed by atoms with Crippen LogP contribution in [0.1, 0.15) is 78.6 Å². The number of Topliss-reactive ketones (excluding diaryl/α,β-unsaturated/α-hetero) is 1. The molecule has 0 heterocycles. The molecular formula is C27H38O7. The predicted molar refractivity (Wildman–Crippen MR) is 123 cm³/mol. The van der Waals surface area contributed by atoms with Crippen molar-refractivity contribution in [2.24, 2.45) is 34.5 Å². The summed E-state index contributed by atoms with van der Waals surface area (Å²) in [6, 6.07) is 0. The standard InChI is InChI=1S/C27H38O7/c1-16(28)34-18-9-11-26(2)17(13-18)5-6-19-20-7-8-22(27(20,3)12-10-21(19)26)23(29)15-33-25(31)14-24(30)32-4/h5,18-22H,6-15H2,1-4H3/t18?,19-,20-,21-,22+,26-,27-/m0/s1. The van der Waals surface area contributed by atoms with Gasteiger partial charge in [-0.3, -0.25) is 19.2 Å². The average molecular weight is 475 g/mol. The van der Waals surface area contributed by atoms with Gasteiger partial charge in [-0.2, -0.15) is 0 Å². The van der Waals surface area contributed by atoms with Crippen molar-refractivity contribution in [1.29, 1.82) is 0 Å². The van der Waals surface area contributed by atoms with Crippen LogP contribution in [0.5, 0.6) is 0 Å². The maximum Gasteiger partial charge on any atom is 0.317 e. The fourth-order valence-corrected chi connectivity index (χ4v) is 7.99. The van der Waals surface area contributed by atoms with E-state index in [9.17, 15) is 19.2 Å². The fraction of sp³-hybridized carbons (Fsp3) is 0.778. The molecule has 0 aromatic carbocycles. The van der Waals surface area contributed by atoms with Crippen molar-refractivity contribution in [2.45, 2.75) is 84.7 Å². The molecule has 7 atom stereocenters. The molecule has 4 aliphatic rings. The van der Waals surface area contributed by atoms with E-state index in [1.54, 1.807) is 0 Å². The molecule has 0 N–H and O–H groups in total. The molecule has 0 spiro atoms. The van der Waals surface area contributed by atoms with Gasteiger partial charge in [-0.1, -0.05) is 25.5 Å². The Bertz CT molecular complexity index is 891. The zero-order chi connectivity index (χ0) is 24.7. The maximum atomic E-state index is 13.1. The largest absolute Gasteiger partial charge is 0.469 e. The summed E-state index contributed by atoms with van der Waals surface area (Å²) >= 11 is 0. The van der Waals surface area contributed by atoms with Crippen LogP contribution in [0.4, 0.5) is 0 Å². The Morgan fingerprint density at radius 2 is 1.76 bits per heavy atom. The highest BCUT2D eigenvalue weighted by atomic mass is 16.6. The number of allylic oxidation sites excluding steroid dienone is 1. The first-order valence-electron chi connectivity index (χ1n) is 12.7. The summed E-state index contributed by atoms with van der Waals surface area (Å²) in [6.07, 6.45) is 9.72. The van der Waals surface area contributed by atoms with Gasteiger partial charge in [0.1, 0.15) is 19.1 Å². The van der Waals surface area contributed by atoms with Crippen molar-refractivity contribution in [2.75, 3.05) is 13.7 Å². The number of fused-ring (bicyclic) bond motifs is 5. The van der Waals surface area contributed by atoms with E-state index in [1.807, 2.05) is 0 Å². The lowest BCUT2D eigenvalue weighted by atomic mass is 9.47. The number of hydrogen-bond donors (Lipinski definition) is 0. The predicted octanol–water partition coefficient (Wildman–Crippen LogP) is 4.17. The van der Waals surface area contributed by atoms with Crippen LogP contribution in [0.25, 0.3) is 0 Å². The quantitative estimate of drug-likeness (QED) is 0.247. The summed E-state index contributed by atoms with van der Waals surface area (Å²) in [4.78, 5) is 47.6. The molecule has 34 heavy (non-hydrogen) atoms. The molecule has 0 amide bonds. The summed E-state index contributed by atoms with van der Waals surface area (Å²) in [6.45, 7) is 5.88. The molecule has 7 heteroatoms. The van der Waals surface area contributed by atoms with Gasteiger partial charge in [-0.15, -0.1) is 0 Å². The topological polar surface area (TPSA) is 96.0 Å². The lowest BCUT2D eigenvalue weighted by molar-refractivity contribution is -0.156. The summed E-state index contributed by atoms with van der Waals surface area (Å²) < 4.78 is 15.1. The highest BCUT2D eigenvalue weighted by Gasteiger charge is 2.59. The number of rotatable bonds is 6. The van der Waals surface area contributed by atoms with E-state index in [0.717, 1.165) is 51.4 Å². The van der Waals surface area contributed by atoms with Crippen LogP contribution in [-0.2, 0) is 33.4 Å². The molecular weight excluding hydrogens is 436 g/mol. The average Bonchev–Trinajstić information content (AvgIpc) is 3.14. The third-order valence-electron chi connectivity index (χ3n) is 9.67. The van der Waals surface area contributed by atoms with E-state index < -0.39 is 18.4 Å². The minimum atomic E-state index is -0.717. The third kappa shape index (κ3) is 4.42. The van der Waals surface area contributed by atoms with Crippen molar-refractivity contribution in [3.8, 4) is 0 Å². The van der Waals surface area contributed by atoms with Crippen LogP contribution in [0.15, 0.2) is 11.6 Å². The van der Waals surface area contributed by atoms with Crippen LogP contribution < -0.4 is 0 Å². The molecule has 1 unspecified atom stereocenters. The molecule has 3 fully saturated rings. The lowest BCUT2D eigenvalue weighted by Gasteiger charge is -2.58. The fourth-order valence-electron chi connectivity index (χ4n) is 7.99. The van der Waals surface area contributed by atoms with E-state index in [0.29, 0.717) is 17.8 Å². The number of carbonyl (C=O) groups is 4. The van der Waals surface area contributed by atoms with Gasteiger partial charge in [0.15, 0.2) is 5.78 Å². The van der Waals surface area contributed by atoms with Crippen LogP contribution in [-0.4, -0.2) is 43.5 Å². The van der Waals surface area contributed by atoms with Gasteiger partial charge < -0.3 is 14.2 Å². The Morgan fingerprint density at radius 3 is 2.47 bits per heavy atom. The smallest absolute Gasteiger partial charge is 0.317 e. The van der Waals surface area contributed by atoms with Crippen molar-refractivity contribution >= 4 is 23.7 Å². The van der Waals surface area contributed by atoms with E-state index >= 15 is 0 Å². The van der Waals surface area contributed by atoms with E-state index in [2.05, 4.69) is 24.7 Å². The van der Waals surface area contributed by atoms with Gasteiger partial charge in [-0.25, -0.2) is 0 Å². The number of esters is 3. The first-order chi connectivity index (χ1) is 16.1. The molecule has 0 saturated heterocycles. The van der Waals surface area contributed by atoms with Crippen molar-refractivity contribution in [1.82, 2.24) is 0 Å². The normalized spacial score (nSPS) is 38.5. The zero-order valence-electron chi connectivity index (χ0n) is 20.9. The molecule has 0 radical (unpaired) electrons. The summed E-state index contributed by atoms with van der Waals surface area (Å²) in [5, 5.41) is 0. The Labute approximate surface area is 202 Å². The number of carbonyl (C=O) groups excluding carboxylic acids is 4. The van der Waals surface area contributed by atoms with Crippen LogP contribution in [0, 0.1) is 34.5 Å². The Morgan fingerprint density at radius 1 is 1.00 bits per heavy atom. The SMILES string of the molecule is COC(=O)CC(=O)OCC(=O)[C@H]1CC[C@H]2[C@@H]3CC=C4CC(OC(C)=O)CC[C@]4(C)[C@H]3CC[C@]12C. The van der Waals surface area contributed by atoms with Gasteiger partial charge in [-0.05, 0) is 73.5 Å². The second-order valence-corrected chi connectivity index (χ2v) is 11.3. The summed E-state index contributed by atoms with van der Waals surface area (Å²) in [5.41, 5.74) is 1.52. The van der Waals surface area contributed by atoms with E-state index in [-0.39, 0.29) is 41.2 Å².